The smallest absolute Gasteiger partial charge is 0.234 e. The van der Waals surface area contributed by atoms with Crippen molar-refractivity contribution in [2.24, 2.45) is 11.7 Å². The van der Waals surface area contributed by atoms with Gasteiger partial charge in [-0.05, 0) is 19.4 Å². The molecule has 0 saturated heterocycles. The third kappa shape index (κ3) is 4.27. The summed E-state index contributed by atoms with van der Waals surface area (Å²) in [5.41, 5.74) is 5.28. The van der Waals surface area contributed by atoms with E-state index in [1.807, 2.05) is 14.0 Å². The van der Waals surface area contributed by atoms with E-state index in [9.17, 15) is 4.79 Å². The quantitative estimate of drug-likeness (QED) is 0.678. The van der Waals surface area contributed by atoms with E-state index in [2.05, 4.69) is 18.7 Å². The van der Waals surface area contributed by atoms with Crippen molar-refractivity contribution in [1.82, 2.24) is 4.90 Å². The Balaban J connectivity index is 4.05. The molecule has 78 valence electrons. The summed E-state index contributed by atoms with van der Waals surface area (Å²) in [6.45, 7) is 7.27. The molecule has 3 heteroatoms. The average molecular weight is 186 g/mol. The van der Waals surface area contributed by atoms with Crippen LogP contribution >= 0.6 is 0 Å². The molecule has 1 amide bonds. The number of primary amides is 1. The monoisotopic (exact) mass is 186 g/mol. The van der Waals surface area contributed by atoms with Gasteiger partial charge in [-0.15, -0.1) is 0 Å². The van der Waals surface area contributed by atoms with Crippen molar-refractivity contribution in [2.45, 2.75) is 39.7 Å². The molecule has 0 radical (unpaired) electrons. The SMILES string of the molecule is CCC(C)CN(C)C(CC)C(N)=O. The van der Waals surface area contributed by atoms with E-state index in [1.54, 1.807) is 0 Å². The molecule has 3 nitrogen and oxygen atoms in total. The fourth-order valence-electron chi connectivity index (χ4n) is 1.48. The first-order chi connectivity index (χ1) is 6.02. The van der Waals surface area contributed by atoms with Crippen LogP contribution in [0.15, 0.2) is 0 Å². The van der Waals surface area contributed by atoms with Crippen LogP contribution in [-0.4, -0.2) is 30.4 Å². The number of likely N-dealkylation sites (N-methyl/N-ethyl adjacent to an activating group) is 1. The molecular weight excluding hydrogens is 164 g/mol. The number of rotatable bonds is 6. The van der Waals surface area contributed by atoms with Gasteiger partial charge >= 0.3 is 0 Å². The third-order valence-electron chi connectivity index (χ3n) is 2.54. The second-order valence-corrected chi connectivity index (χ2v) is 3.78. The van der Waals surface area contributed by atoms with Crippen LogP contribution in [0.25, 0.3) is 0 Å². The summed E-state index contributed by atoms with van der Waals surface area (Å²) in [4.78, 5) is 13.1. The maximum absolute atomic E-state index is 11.0. The van der Waals surface area contributed by atoms with Gasteiger partial charge in [0.05, 0.1) is 6.04 Å². The summed E-state index contributed by atoms with van der Waals surface area (Å²) in [6, 6.07) is -0.103. The molecule has 2 N–H and O–H groups in total. The van der Waals surface area contributed by atoms with E-state index >= 15 is 0 Å². The van der Waals surface area contributed by atoms with Crippen molar-refractivity contribution in [3.8, 4) is 0 Å². The zero-order valence-electron chi connectivity index (χ0n) is 9.21. The molecule has 0 aromatic rings. The van der Waals surface area contributed by atoms with Gasteiger partial charge in [-0.2, -0.15) is 0 Å². The lowest BCUT2D eigenvalue weighted by atomic mass is 10.1. The van der Waals surface area contributed by atoms with Crippen molar-refractivity contribution >= 4 is 5.91 Å². The predicted octanol–water partition coefficient (Wildman–Crippen LogP) is 1.23. The van der Waals surface area contributed by atoms with Crippen LogP contribution < -0.4 is 5.73 Å². The summed E-state index contributed by atoms with van der Waals surface area (Å²) in [6.07, 6.45) is 1.93. The van der Waals surface area contributed by atoms with Crippen LogP contribution in [0.1, 0.15) is 33.6 Å². The lowest BCUT2D eigenvalue weighted by Crippen LogP contribution is -2.43. The van der Waals surface area contributed by atoms with Gasteiger partial charge in [0.1, 0.15) is 0 Å². The Bertz CT molecular complexity index is 159. The molecule has 0 aromatic carbocycles. The Morgan fingerprint density at radius 2 is 1.92 bits per heavy atom. The van der Waals surface area contributed by atoms with Crippen LogP contribution in [-0.2, 0) is 4.79 Å². The van der Waals surface area contributed by atoms with Crippen LogP contribution in [0.5, 0.6) is 0 Å². The molecule has 0 spiro atoms. The Morgan fingerprint density at radius 1 is 1.38 bits per heavy atom. The number of carbonyl (C=O) groups is 1. The number of amides is 1. The molecule has 0 rings (SSSR count). The first kappa shape index (κ1) is 12.4. The normalized spacial score (nSPS) is 15.8. The van der Waals surface area contributed by atoms with Crippen molar-refractivity contribution in [3.05, 3.63) is 0 Å². The molecule has 2 unspecified atom stereocenters. The van der Waals surface area contributed by atoms with Crippen molar-refractivity contribution < 1.29 is 4.79 Å². The van der Waals surface area contributed by atoms with E-state index in [4.69, 9.17) is 5.73 Å². The molecule has 0 heterocycles. The summed E-state index contributed by atoms with van der Waals surface area (Å²) in [7, 11) is 1.96. The Hall–Kier alpha value is -0.570. The topological polar surface area (TPSA) is 46.3 Å². The summed E-state index contributed by atoms with van der Waals surface area (Å²) >= 11 is 0. The molecule has 0 aliphatic heterocycles. The van der Waals surface area contributed by atoms with Crippen molar-refractivity contribution in [3.63, 3.8) is 0 Å². The van der Waals surface area contributed by atoms with E-state index in [-0.39, 0.29) is 11.9 Å². The van der Waals surface area contributed by atoms with E-state index in [0.717, 1.165) is 19.4 Å². The molecule has 0 aliphatic carbocycles. The average Bonchev–Trinajstić information content (AvgIpc) is 2.04. The maximum Gasteiger partial charge on any atom is 0.234 e. The standard InChI is InChI=1S/C10H22N2O/c1-5-8(3)7-12(4)9(6-2)10(11)13/h8-9H,5-7H2,1-4H3,(H2,11,13). The highest BCUT2D eigenvalue weighted by atomic mass is 16.1. The van der Waals surface area contributed by atoms with Gasteiger partial charge < -0.3 is 5.73 Å². The maximum atomic E-state index is 11.0. The Labute approximate surface area is 81.3 Å². The van der Waals surface area contributed by atoms with Crippen LogP contribution in [0.2, 0.25) is 0 Å². The van der Waals surface area contributed by atoms with Gasteiger partial charge in [-0.25, -0.2) is 0 Å². The van der Waals surface area contributed by atoms with Crippen molar-refractivity contribution in [2.75, 3.05) is 13.6 Å². The largest absolute Gasteiger partial charge is 0.368 e. The molecule has 2 atom stereocenters. The first-order valence-electron chi connectivity index (χ1n) is 5.02. The van der Waals surface area contributed by atoms with Gasteiger partial charge in [0.2, 0.25) is 5.91 Å². The first-order valence-corrected chi connectivity index (χ1v) is 5.02. The number of nitrogens with zero attached hydrogens (tertiary/aromatic N) is 1. The number of nitrogens with two attached hydrogens (primary N) is 1. The molecular formula is C10H22N2O. The number of hydrogen-bond acceptors (Lipinski definition) is 2. The fourth-order valence-corrected chi connectivity index (χ4v) is 1.48. The van der Waals surface area contributed by atoms with Gasteiger partial charge in [0.25, 0.3) is 0 Å². The van der Waals surface area contributed by atoms with Gasteiger partial charge in [-0.3, -0.25) is 9.69 Å². The number of hydrogen-bond donors (Lipinski definition) is 1. The second kappa shape index (κ2) is 5.97. The zero-order chi connectivity index (χ0) is 10.4. The molecule has 0 fully saturated rings. The minimum Gasteiger partial charge on any atom is -0.368 e. The lowest BCUT2D eigenvalue weighted by molar-refractivity contribution is -0.123. The highest BCUT2D eigenvalue weighted by Gasteiger charge is 2.19. The highest BCUT2D eigenvalue weighted by Crippen LogP contribution is 2.07. The van der Waals surface area contributed by atoms with E-state index in [1.165, 1.54) is 0 Å². The van der Waals surface area contributed by atoms with Crippen molar-refractivity contribution in [1.29, 1.82) is 0 Å². The number of carbonyl (C=O) groups excluding carboxylic acids is 1. The van der Waals surface area contributed by atoms with E-state index in [0.29, 0.717) is 5.92 Å². The Kier molecular flexibility index (Phi) is 5.71. The van der Waals surface area contributed by atoms with Gasteiger partial charge in [-0.1, -0.05) is 27.2 Å². The minimum absolute atomic E-state index is 0.103. The molecule has 0 aliphatic rings. The highest BCUT2D eigenvalue weighted by molar-refractivity contribution is 5.79. The van der Waals surface area contributed by atoms with Gasteiger partial charge in [0.15, 0.2) is 0 Å². The van der Waals surface area contributed by atoms with Crippen LogP contribution in [0, 0.1) is 5.92 Å². The Morgan fingerprint density at radius 3 is 2.23 bits per heavy atom. The molecule has 0 bridgehead atoms. The molecule has 0 saturated carbocycles. The van der Waals surface area contributed by atoms with E-state index < -0.39 is 0 Å². The van der Waals surface area contributed by atoms with Crippen LogP contribution in [0.4, 0.5) is 0 Å². The third-order valence-corrected chi connectivity index (χ3v) is 2.54. The summed E-state index contributed by atoms with van der Waals surface area (Å²) < 4.78 is 0. The lowest BCUT2D eigenvalue weighted by Gasteiger charge is -2.26. The molecule has 0 aromatic heterocycles. The zero-order valence-corrected chi connectivity index (χ0v) is 9.21. The van der Waals surface area contributed by atoms with Gasteiger partial charge in [0, 0.05) is 6.54 Å². The summed E-state index contributed by atoms with van der Waals surface area (Å²) in [5.74, 6) is 0.409. The molecule has 13 heavy (non-hydrogen) atoms. The second-order valence-electron chi connectivity index (χ2n) is 3.78. The predicted molar refractivity (Wildman–Crippen MR) is 55.4 cm³/mol. The summed E-state index contributed by atoms with van der Waals surface area (Å²) in [5, 5.41) is 0. The van der Waals surface area contributed by atoms with Crippen LogP contribution in [0.3, 0.4) is 0 Å². The minimum atomic E-state index is -0.215. The fraction of sp³-hybridized carbons (Fsp3) is 0.900.